The van der Waals surface area contributed by atoms with Crippen LogP contribution in [-0.4, -0.2) is 22.3 Å². The maximum absolute atomic E-state index is 8.94. The predicted octanol–water partition coefficient (Wildman–Crippen LogP) is 3.06. The van der Waals surface area contributed by atoms with E-state index < -0.39 is 0 Å². The molecule has 1 atom stereocenters. The topological polar surface area (TPSA) is 50.8 Å². The zero-order valence-electron chi connectivity index (χ0n) is 11.6. The van der Waals surface area contributed by atoms with Crippen LogP contribution in [0.15, 0.2) is 24.3 Å². The van der Waals surface area contributed by atoms with Crippen molar-refractivity contribution >= 4 is 11.0 Å². The molecule has 1 aliphatic rings. The molecule has 4 heteroatoms. The second kappa shape index (κ2) is 6.06. The van der Waals surface area contributed by atoms with Crippen LogP contribution in [0, 0.1) is 11.3 Å². The van der Waals surface area contributed by atoms with Crippen molar-refractivity contribution < 1.29 is 4.74 Å². The Morgan fingerprint density at radius 3 is 3.10 bits per heavy atom. The quantitative estimate of drug-likeness (QED) is 0.838. The number of imidazole rings is 1. The first-order valence-electron chi connectivity index (χ1n) is 7.31. The number of aromatic nitrogens is 2. The molecule has 1 saturated heterocycles. The van der Waals surface area contributed by atoms with Gasteiger partial charge in [0.05, 0.1) is 29.6 Å². The highest BCUT2D eigenvalue weighted by Gasteiger charge is 2.16. The first-order valence-corrected chi connectivity index (χ1v) is 7.31. The van der Waals surface area contributed by atoms with E-state index in [1.807, 2.05) is 18.2 Å². The van der Waals surface area contributed by atoms with E-state index >= 15 is 0 Å². The SMILES string of the molecule is N#CCc1nc2ccccc2n1CCCC1CCCO1. The van der Waals surface area contributed by atoms with Gasteiger partial charge in [0.25, 0.3) is 0 Å². The average molecular weight is 269 g/mol. The molecule has 0 amide bonds. The molecule has 1 fully saturated rings. The lowest BCUT2D eigenvalue weighted by molar-refractivity contribution is 0.101. The number of hydrogen-bond donors (Lipinski definition) is 0. The van der Waals surface area contributed by atoms with Gasteiger partial charge in [-0.15, -0.1) is 0 Å². The summed E-state index contributed by atoms with van der Waals surface area (Å²) in [6, 6.07) is 10.3. The van der Waals surface area contributed by atoms with Crippen LogP contribution in [-0.2, 0) is 17.7 Å². The smallest absolute Gasteiger partial charge is 0.124 e. The number of hydrogen-bond acceptors (Lipinski definition) is 3. The Labute approximate surface area is 119 Å². The van der Waals surface area contributed by atoms with Crippen molar-refractivity contribution in [2.24, 2.45) is 0 Å². The minimum atomic E-state index is 0.370. The highest BCUT2D eigenvalue weighted by Crippen LogP contribution is 2.20. The third-order valence-electron chi connectivity index (χ3n) is 3.90. The molecule has 1 unspecified atom stereocenters. The Balaban J connectivity index is 1.74. The van der Waals surface area contributed by atoms with Gasteiger partial charge in [-0.25, -0.2) is 4.98 Å². The van der Waals surface area contributed by atoms with Crippen molar-refractivity contribution in [1.29, 1.82) is 5.26 Å². The van der Waals surface area contributed by atoms with E-state index in [4.69, 9.17) is 10.00 Å². The summed E-state index contributed by atoms with van der Waals surface area (Å²) in [4.78, 5) is 4.56. The molecule has 1 aromatic carbocycles. The van der Waals surface area contributed by atoms with E-state index in [1.165, 1.54) is 12.8 Å². The second-order valence-electron chi connectivity index (χ2n) is 5.28. The number of aryl methyl sites for hydroxylation is 1. The molecule has 0 saturated carbocycles. The Bertz CT molecular complexity index is 620. The lowest BCUT2D eigenvalue weighted by Crippen LogP contribution is -2.09. The van der Waals surface area contributed by atoms with E-state index in [0.717, 1.165) is 42.9 Å². The van der Waals surface area contributed by atoms with Gasteiger partial charge in [-0.2, -0.15) is 5.26 Å². The summed E-state index contributed by atoms with van der Waals surface area (Å²) < 4.78 is 7.85. The zero-order chi connectivity index (χ0) is 13.8. The standard InChI is InChI=1S/C16H19N3O/c17-10-9-16-18-14-7-1-2-8-15(14)19(16)11-3-5-13-6-4-12-20-13/h1-2,7-8,13H,3-6,9,11-12H2. The fraction of sp³-hybridized carbons (Fsp3) is 0.500. The van der Waals surface area contributed by atoms with Crippen molar-refractivity contribution in [2.75, 3.05) is 6.61 Å². The largest absolute Gasteiger partial charge is 0.378 e. The number of nitriles is 1. The van der Waals surface area contributed by atoms with Crippen molar-refractivity contribution in [2.45, 2.75) is 44.8 Å². The van der Waals surface area contributed by atoms with Crippen molar-refractivity contribution in [1.82, 2.24) is 9.55 Å². The Morgan fingerprint density at radius 2 is 2.30 bits per heavy atom. The van der Waals surface area contributed by atoms with Gasteiger partial charge in [-0.05, 0) is 37.8 Å². The molecular weight excluding hydrogens is 250 g/mol. The highest BCUT2D eigenvalue weighted by molar-refractivity contribution is 5.75. The van der Waals surface area contributed by atoms with Crippen LogP contribution < -0.4 is 0 Å². The van der Waals surface area contributed by atoms with Crippen LogP contribution in [0.3, 0.4) is 0 Å². The fourth-order valence-electron chi connectivity index (χ4n) is 2.93. The molecule has 0 aliphatic carbocycles. The lowest BCUT2D eigenvalue weighted by atomic mass is 10.1. The number of nitrogens with zero attached hydrogens (tertiary/aromatic N) is 3. The van der Waals surface area contributed by atoms with Gasteiger partial charge in [0.15, 0.2) is 0 Å². The molecule has 104 valence electrons. The van der Waals surface area contributed by atoms with Gasteiger partial charge in [0, 0.05) is 13.2 Å². The van der Waals surface area contributed by atoms with Crippen LogP contribution in [0.1, 0.15) is 31.5 Å². The maximum Gasteiger partial charge on any atom is 0.124 e. The van der Waals surface area contributed by atoms with Crippen LogP contribution >= 0.6 is 0 Å². The summed E-state index contributed by atoms with van der Waals surface area (Å²) in [5.74, 6) is 0.876. The van der Waals surface area contributed by atoms with Crippen molar-refractivity contribution in [3.05, 3.63) is 30.1 Å². The molecule has 2 aromatic rings. The number of fused-ring (bicyclic) bond motifs is 1. The van der Waals surface area contributed by atoms with Crippen LogP contribution in [0.4, 0.5) is 0 Å². The van der Waals surface area contributed by atoms with Crippen LogP contribution in [0.2, 0.25) is 0 Å². The van der Waals surface area contributed by atoms with Crippen LogP contribution in [0.5, 0.6) is 0 Å². The summed E-state index contributed by atoms with van der Waals surface area (Å²) in [5, 5.41) is 8.94. The second-order valence-corrected chi connectivity index (χ2v) is 5.28. The third kappa shape index (κ3) is 2.68. The molecule has 0 spiro atoms. The first kappa shape index (κ1) is 13.1. The molecule has 0 radical (unpaired) electrons. The average Bonchev–Trinajstić information content (AvgIpc) is 3.08. The molecule has 0 bridgehead atoms. The van der Waals surface area contributed by atoms with E-state index in [0.29, 0.717) is 12.5 Å². The van der Waals surface area contributed by atoms with Gasteiger partial charge in [0.1, 0.15) is 5.82 Å². The first-order chi connectivity index (χ1) is 9.88. The Kier molecular flexibility index (Phi) is 3.98. The predicted molar refractivity (Wildman–Crippen MR) is 77.3 cm³/mol. The normalized spacial score (nSPS) is 18.4. The molecule has 2 heterocycles. The van der Waals surface area contributed by atoms with Crippen LogP contribution in [0.25, 0.3) is 11.0 Å². The summed E-state index contributed by atoms with van der Waals surface area (Å²) in [7, 11) is 0. The minimum Gasteiger partial charge on any atom is -0.378 e. The van der Waals surface area contributed by atoms with Gasteiger partial charge in [-0.1, -0.05) is 12.1 Å². The molecule has 1 aromatic heterocycles. The maximum atomic E-state index is 8.94. The number of benzene rings is 1. The summed E-state index contributed by atoms with van der Waals surface area (Å²) in [5.41, 5.74) is 2.11. The molecule has 0 N–H and O–H groups in total. The molecule has 4 nitrogen and oxygen atoms in total. The molecule has 3 rings (SSSR count). The molecule has 1 aliphatic heterocycles. The monoisotopic (exact) mass is 269 g/mol. The Morgan fingerprint density at radius 1 is 1.40 bits per heavy atom. The van der Waals surface area contributed by atoms with Gasteiger partial charge < -0.3 is 9.30 Å². The summed E-state index contributed by atoms with van der Waals surface area (Å²) in [6.07, 6.45) is 5.36. The number of rotatable bonds is 5. The number of para-hydroxylation sites is 2. The zero-order valence-corrected chi connectivity index (χ0v) is 11.6. The Hall–Kier alpha value is -1.86. The van der Waals surface area contributed by atoms with E-state index in [2.05, 4.69) is 21.7 Å². The third-order valence-corrected chi connectivity index (χ3v) is 3.90. The lowest BCUT2D eigenvalue weighted by Gasteiger charge is -2.11. The van der Waals surface area contributed by atoms with Crippen molar-refractivity contribution in [3.63, 3.8) is 0 Å². The van der Waals surface area contributed by atoms with Gasteiger partial charge in [0.2, 0.25) is 0 Å². The van der Waals surface area contributed by atoms with E-state index in [-0.39, 0.29) is 0 Å². The molecular formula is C16H19N3O. The van der Waals surface area contributed by atoms with Crippen molar-refractivity contribution in [3.8, 4) is 6.07 Å². The molecule has 20 heavy (non-hydrogen) atoms. The number of ether oxygens (including phenoxy) is 1. The minimum absolute atomic E-state index is 0.370. The fourth-order valence-corrected chi connectivity index (χ4v) is 2.93. The van der Waals surface area contributed by atoms with E-state index in [1.54, 1.807) is 0 Å². The van der Waals surface area contributed by atoms with Gasteiger partial charge in [-0.3, -0.25) is 0 Å². The highest BCUT2D eigenvalue weighted by atomic mass is 16.5. The summed E-state index contributed by atoms with van der Waals surface area (Å²) >= 11 is 0. The van der Waals surface area contributed by atoms with E-state index in [9.17, 15) is 0 Å². The summed E-state index contributed by atoms with van der Waals surface area (Å²) in [6.45, 7) is 1.83. The van der Waals surface area contributed by atoms with Gasteiger partial charge >= 0.3 is 0 Å².